The van der Waals surface area contributed by atoms with Crippen LogP contribution in [0.1, 0.15) is 32.1 Å². The summed E-state index contributed by atoms with van der Waals surface area (Å²) >= 11 is 12.1. The molecule has 2 rings (SSSR count). The van der Waals surface area contributed by atoms with E-state index in [1.807, 2.05) is 6.07 Å². The minimum atomic E-state index is 0.569. The fourth-order valence-corrected chi connectivity index (χ4v) is 3.05. The number of benzene rings is 1. The zero-order valence-corrected chi connectivity index (χ0v) is 12.6. The summed E-state index contributed by atoms with van der Waals surface area (Å²) in [4.78, 5) is 0. The highest BCUT2D eigenvalue weighted by Crippen LogP contribution is 2.32. The van der Waals surface area contributed by atoms with E-state index in [-0.39, 0.29) is 0 Å². The van der Waals surface area contributed by atoms with Crippen molar-refractivity contribution in [3.8, 4) is 5.75 Å². The van der Waals surface area contributed by atoms with Gasteiger partial charge in [0.05, 0.1) is 10.0 Å². The minimum Gasteiger partial charge on any atom is -0.489 e. The van der Waals surface area contributed by atoms with Gasteiger partial charge >= 0.3 is 0 Å². The molecule has 1 aromatic carbocycles. The average molecular weight is 302 g/mol. The summed E-state index contributed by atoms with van der Waals surface area (Å²) in [6.45, 7) is 2.52. The van der Waals surface area contributed by atoms with Crippen molar-refractivity contribution < 1.29 is 4.74 Å². The normalized spacial score (nSPS) is 16.5. The van der Waals surface area contributed by atoms with E-state index >= 15 is 0 Å². The first-order valence-corrected chi connectivity index (χ1v) is 7.80. The van der Waals surface area contributed by atoms with Crippen molar-refractivity contribution in [1.29, 1.82) is 0 Å². The van der Waals surface area contributed by atoms with Gasteiger partial charge in [-0.3, -0.25) is 0 Å². The second-order valence-corrected chi connectivity index (χ2v) is 5.92. The van der Waals surface area contributed by atoms with Crippen LogP contribution in [-0.2, 0) is 0 Å². The molecule has 0 saturated heterocycles. The van der Waals surface area contributed by atoms with Gasteiger partial charge in [0.15, 0.2) is 5.75 Å². The predicted octanol–water partition coefficient (Wildman–Crippen LogP) is 4.54. The van der Waals surface area contributed by atoms with E-state index in [4.69, 9.17) is 27.9 Å². The van der Waals surface area contributed by atoms with E-state index in [2.05, 4.69) is 5.32 Å². The third-order valence-corrected chi connectivity index (χ3v) is 4.20. The van der Waals surface area contributed by atoms with Gasteiger partial charge in [0.1, 0.15) is 6.61 Å². The molecular weight excluding hydrogens is 281 g/mol. The molecular formula is C15H21Cl2NO. The van der Waals surface area contributed by atoms with Gasteiger partial charge < -0.3 is 10.1 Å². The van der Waals surface area contributed by atoms with E-state index in [1.54, 1.807) is 12.1 Å². The van der Waals surface area contributed by atoms with E-state index in [9.17, 15) is 0 Å². The standard InChI is InChI=1S/C15H21Cl2NO/c16-13-7-4-8-14(17)15(13)19-10-9-18-11-12-5-2-1-3-6-12/h4,7-8,12,18H,1-3,5-6,9-11H2. The van der Waals surface area contributed by atoms with Crippen molar-refractivity contribution >= 4 is 23.2 Å². The van der Waals surface area contributed by atoms with E-state index in [0.29, 0.717) is 22.4 Å². The van der Waals surface area contributed by atoms with Crippen molar-refractivity contribution in [1.82, 2.24) is 5.32 Å². The predicted molar refractivity (Wildman–Crippen MR) is 81.4 cm³/mol. The Kier molecular flexibility index (Phi) is 6.29. The molecule has 0 aromatic heterocycles. The summed E-state index contributed by atoms with van der Waals surface area (Å²) in [5.74, 6) is 1.43. The van der Waals surface area contributed by atoms with Crippen LogP contribution in [0, 0.1) is 5.92 Å². The molecule has 0 spiro atoms. The van der Waals surface area contributed by atoms with Gasteiger partial charge in [-0.15, -0.1) is 0 Å². The summed E-state index contributed by atoms with van der Waals surface area (Å²) < 4.78 is 5.63. The van der Waals surface area contributed by atoms with Crippen LogP contribution in [0.2, 0.25) is 10.0 Å². The van der Waals surface area contributed by atoms with Gasteiger partial charge in [-0.05, 0) is 37.4 Å². The van der Waals surface area contributed by atoms with Crippen LogP contribution in [0.25, 0.3) is 0 Å². The highest BCUT2D eigenvalue weighted by atomic mass is 35.5. The van der Waals surface area contributed by atoms with Gasteiger partial charge in [-0.25, -0.2) is 0 Å². The number of para-hydroxylation sites is 1. The second kappa shape index (κ2) is 7.98. The Morgan fingerprint density at radius 2 is 1.79 bits per heavy atom. The molecule has 2 nitrogen and oxygen atoms in total. The molecule has 0 unspecified atom stereocenters. The Labute approximate surface area is 125 Å². The maximum Gasteiger partial charge on any atom is 0.156 e. The highest BCUT2D eigenvalue weighted by molar-refractivity contribution is 6.37. The van der Waals surface area contributed by atoms with Gasteiger partial charge in [-0.2, -0.15) is 0 Å². The zero-order chi connectivity index (χ0) is 13.5. The summed E-state index contributed by atoms with van der Waals surface area (Å²) in [5, 5.41) is 4.59. The number of rotatable bonds is 6. The number of ether oxygens (including phenoxy) is 1. The number of hydrogen-bond donors (Lipinski definition) is 1. The Morgan fingerprint density at radius 3 is 2.47 bits per heavy atom. The molecule has 0 heterocycles. The molecule has 1 fully saturated rings. The summed E-state index contributed by atoms with van der Waals surface area (Å²) in [6, 6.07) is 5.40. The van der Waals surface area contributed by atoms with E-state index in [0.717, 1.165) is 19.0 Å². The topological polar surface area (TPSA) is 21.3 Å². The molecule has 0 amide bonds. The first-order chi connectivity index (χ1) is 9.27. The third-order valence-electron chi connectivity index (χ3n) is 3.60. The molecule has 1 N–H and O–H groups in total. The molecule has 1 aromatic rings. The van der Waals surface area contributed by atoms with Gasteiger partial charge in [0.25, 0.3) is 0 Å². The van der Waals surface area contributed by atoms with Crippen molar-refractivity contribution in [3.63, 3.8) is 0 Å². The highest BCUT2D eigenvalue weighted by Gasteiger charge is 2.12. The molecule has 1 aliphatic rings. The average Bonchev–Trinajstić information content (AvgIpc) is 2.42. The number of halogens is 2. The first kappa shape index (κ1) is 15.0. The van der Waals surface area contributed by atoms with E-state index in [1.165, 1.54) is 32.1 Å². The third kappa shape index (κ3) is 4.87. The first-order valence-electron chi connectivity index (χ1n) is 7.05. The molecule has 4 heteroatoms. The SMILES string of the molecule is Clc1cccc(Cl)c1OCCNCC1CCCCC1. The smallest absolute Gasteiger partial charge is 0.156 e. The van der Waals surface area contributed by atoms with Crippen LogP contribution in [0.15, 0.2) is 18.2 Å². The molecule has 0 aliphatic heterocycles. The van der Waals surface area contributed by atoms with Crippen molar-refractivity contribution in [3.05, 3.63) is 28.2 Å². The van der Waals surface area contributed by atoms with E-state index < -0.39 is 0 Å². The molecule has 1 aliphatic carbocycles. The number of hydrogen-bond acceptors (Lipinski definition) is 2. The van der Waals surface area contributed by atoms with Crippen LogP contribution >= 0.6 is 23.2 Å². The van der Waals surface area contributed by atoms with Crippen LogP contribution in [0.4, 0.5) is 0 Å². The van der Waals surface area contributed by atoms with Crippen molar-refractivity contribution in [2.24, 2.45) is 5.92 Å². The van der Waals surface area contributed by atoms with Gasteiger partial charge in [-0.1, -0.05) is 48.5 Å². The molecule has 1 saturated carbocycles. The second-order valence-electron chi connectivity index (χ2n) is 5.11. The quantitative estimate of drug-likeness (QED) is 0.779. The summed E-state index contributed by atoms with van der Waals surface area (Å²) in [7, 11) is 0. The van der Waals surface area contributed by atoms with Gasteiger partial charge in [0, 0.05) is 6.54 Å². The molecule has 0 radical (unpaired) electrons. The fourth-order valence-electron chi connectivity index (χ4n) is 2.54. The monoisotopic (exact) mass is 301 g/mol. The largest absolute Gasteiger partial charge is 0.489 e. The minimum absolute atomic E-state index is 0.569. The lowest BCUT2D eigenvalue weighted by atomic mass is 9.89. The summed E-state index contributed by atoms with van der Waals surface area (Å²) in [6.07, 6.45) is 6.91. The molecule has 0 bridgehead atoms. The lowest BCUT2D eigenvalue weighted by Gasteiger charge is -2.21. The Hall–Kier alpha value is -0.440. The Bertz CT molecular complexity index is 371. The lowest BCUT2D eigenvalue weighted by Crippen LogP contribution is -2.28. The van der Waals surface area contributed by atoms with Crippen molar-refractivity contribution in [2.75, 3.05) is 19.7 Å². The number of nitrogens with one attached hydrogen (secondary N) is 1. The maximum atomic E-state index is 6.03. The van der Waals surface area contributed by atoms with Crippen molar-refractivity contribution in [2.45, 2.75) is 32.1 Å². The Balaban J connectivity index is 1.63. The lowest BCUT2D eigenvalue weighted by molar-refractivity contribution is 0.295. The molecule has 0 atom stereocenters. The molecule has 19 heavy (non-hydrogen) atoms. The Morgan fingerprint density at radius 1 is 1.11 bits per heavy atom. The van der Waals surface area contributed by atoms with Crippen LogP contribution < -0.4 is 10.1 Å². The molecule has 106 valence electrons. The fraction of sp³-hybridized carbons (Fsp3) is 0.600. The zero-order valence-electron chi connectivity index (χ0n) is 11.1. The summed E-state index contributed by atoms with van der Waals surface area (Å²) in [5.41, 5.74) is 0. The van der Waals surface area contributed by atoms with Crippen LogP contribution in [0.3, 0.4) is 0 Å². The maximum absolute atomic E-state index is 6.03. The van der Waals surface area contributed by atoms with Crippen LogP contribution in [-0.4, -0.2) is 19.7 Å². The van der Waals surface area contributed by atoms with Gasteiger partial charge in [0.2, 0.25) is 0 Å². The van der Waals surface area contributed by atoms with Crippen LogP contribution in [0.5, 0.6) is 5.75 Å².